The molecular formula is C23H34O2. The molecule has 2 aromatic carbocycles. The Hall–Kier alpha value is -1.64. The standard InChI is InChI=1S/C12H18O.C11H16O/c1-2-3-7-10-13-11-12-8-5-4-6-9-12;1-2-12-10-6-9-11-7-4-3-5-8-11/h4-6,8-9H,2-3,7,10-11H2,1H3;3-5,7-8H,2,6,9-10H2,1H3. The van der Waals surface area contributed by atoms with Gasteiger partial charge in [0.25, 0.3) is 0 Å². The molecule has 138 valence electrons. The highest BCUT2D eigenvalue weighted by Gasteiger charge is 1.91. The van der Waals surface area contributed by atoms with Crippen LogP contribution in [-0.4, -0.2) is 19.8 Å². The third-order valence-electron chi connectivity index (χ3n) is 3.80. The third-order valence-corrected chi connectivity index (χ3v) is 3.80. The quantitative estimate of drug-likeness (QED) is 0.463. The van der Waals surface area contributed by atoms with Crippen molar-refractivity contribution in [2.75, 3.05) is 19.8 Å². The van der Waals surface area contributed by atoms with Gasteiger partial charge in [-0.3, -0.25) is 0 Å². The largest absolute Gasteiger partial charge is 0.382 e. The third kappa shape index (κ3) is 12.4. The summed E-state index contributed by atoms with van der Waals surface area (Å²) in [5, 5.41) is 0. The minimum absolute atomic E-state index is 0.755. The zero-order chi connectivity index (χ0) is 18.0. The molecule has 0 saturated heterocycles. The molecule has 0 fully saturated rings. The number of hydrogen-bond acceptors (Lipinski definition) is 2. The van der Waals surface area contributed by atoms with Crippen molar-refractivity contribution in [3.05, 3.63) is 71.8 Å². The van der Waals surface area contributed by atoms with Crippen molar-refractivity contribution in [3.8, 4) is 0 Å². The molecule has 0 aromatic heterocycles. The summed E-state index contributed by atoms with van der Waals surface area (Å²) in [7, 11) is 0. The number of ether oxygens (including phenoxy) is 2. The molecule has 0 atom stereocenters. The van der Waals surface area contributed by atoms with Crippen LogP contribution in [0.5, 0.6) is 0 Å². The highest BCUT2D eigenvalue weighted by molar-refractivity contribution is 5.14. The molecule has 0 unspecified atom stereocenters. The van der Waals surface area contributed by atoms with E-state index in [4.69, 9.17) is 9.47 Å². The molecule has 0 aliphatic carbocycles. The van der Waals surface area contributed by atoms with E-state index >= 15 is 0 Å². The summed E-state index contributed by atoms with van der Waals surface area (Å²) in [4.78, 5) is 0. The maximum Gasteiger partial charge on any atom is 0.0716 e. The van der Waals surface area contributed by atoms with Crippen LogP contribution < -0.4 is 0 Å². The fourth-order valence-corrected chi connectivity index (χ4v) is 2.39. The van der Waals surface area contributed by atoms with Crippen LogP contribution in [0.1, 0.15) is 50.7 Å². The van der Waals surface area contributed by atoms with Crippen LogP contribution in [0.2, 0.25) is 0 Å². The molecule has 0 aliphatic heterocycles. The van der Waals surface area contributed by atoms with Gasteiger partial charge in [0.15, 0.2) is 0 Å². The summed E-state index contributed by atoms with van der Waals surface area (Å²) < 4.78 is 10.8. The van der Waals surface area contributed by atoms with E-state index in [1.165, 1.54) is 30.4 Å². The lowest BCUT2D eigenvalue weighted by atomic mass is 10.1. The highest BCUT2D eigenvalue weighted by atomic mass is 16.5. The molecule has 0 bridgehead atoms. The number of aryl methyl sites for hydroxylation is 1. The van der Waals surface area contributed by atoms with Gasteiger partial charge < -0.3 is 9.47 Å². The van der Waals surface area contributed by atoms with Gasteiger partial charge >= 0.3 is 0 Å². The number of benzene rings is 2. The number of hydrogen-bond donors (Lipinski definition) is 0. The molecular weight excluding hydrogens is 308 g/mol. The molecule has 0 spiro atoms. The topological polar surface area (TPSA) is 18.5 Å². The van der Waals surface area contributed by atoms with Crippen molar-refractivity contribution in [2.45, 2.75) is 52.6 Å². The molecule has 2 aromatic rings. The maximum atomic E-state index is 5.52. The molecule has 0 N–H and O–H groups in total. The first-order valence-corrected chi connectivity index (χ1v) is 9.60. The van der Waals surface area contributed by atoms with E-state index < -0.39 is 0 Å². The van der Waals surface area contributed by atoms with E-state index in [9.17, 15) is 0 Å². The lowest BCUT2D eigenvalue weighted by molar-refractivity contribution is 0.117. The zero-order valence-electron chi connectivity index (χ0n) is 16.0. The van der Waals surface area contributed by atoms with Crippen LogP contribution >= 0.6 is 0 Å². The van der Waals surface area contributed by atoms with Crippen molar-refractivity contribution in [3.63, 3.8) is 0 Å². The first kappa shape index (κ1) is 21.4. The van der Waals surface area contributed by atoms with Gasteiger partial charge in [0.2, 0.25) is 0 Å². The van der Waals surface area contributed by atoms with Gasteiger partial charge in [-0.05, 0) is 37.3 Å². The molecule has 25 heavy (non-hydrogen) atoms. The van der Waals surface area contributed by atoms with Crippen LogP contribution in [0.15, 0.2) is 60.7 Å². The normalized spacial score (nSPS) is 10.2. The minimum atomic E-state index is 0.755. The Balaban J connectivity index is 0.000000251. The summed E-state index contributed by atoms with van der Waals surface area (Å²) in [6, 6.07) is 20.8. The highest BCUT2D eigenvalue weighted by Crippen LogP contribution is 2.03. The van der Waals surface area contributed by atoms with Gasteiger partial charge in [0.05, 0.1) is 6.61 Å². The van der Waals surface area contributed by atoms with Crippen LogP contribution in [0.3, 0.4) is 0 Å². The predicted octanol–water partition coefficient (Wildman–Crippen LogP) is 6.05. The monoisotopic (exact) mass is 342 g/mol. The fourth-order valence-electron chi connectivity index (χ4n) is 2.39. The molecule has 0 amide bonds. The molecule has 2 nitrogen and oxygen atoms in total. The first-order chi connectivity index (χ1) is 12.4. The molecule has 0 heterocycles. The van der Waals surface area contributed by atoms with Crippen molar-refractivity contribution >= 4 is 0 Å². The maximum absolute atomic E-state index is 5.52. The lowest BCUT2D eigenvalue weighted by Crippen LogP contribution is -1.95. The van der Waals surface area contributed by atoms with Crippen molar-refractivity contribution in [2.24, 2.45) is 0 Å². The van der Waals surface area contributed by atoms with Crippen LogP contribution in [-0.2, 0) is 22.5 Å². The summed E-state index contributed by atoms with van der Waals surface area (Å²) in [6.07, 6.45) is 5.96. The molecule has 0 radical (unpaired) electrons. The van der Waals surface area contributed by atoms with Gasteiger partial charge in [0, 0.05) is 19.8 Å². The van der Waals surface area contributed by atoms with Gasteiger partial charge in [-0.2, -0.15) is 0 Å². The van der Waals surface area contributed by atoms with E-state index in [1.54, 1.807) is 0 Å². The Morgan fingerprint density at radius 3 is 1.84 bits per heavy atom. The van der Waals surface area contributed by atoms with Crippen LogP contribution in [0, 0.1) is 0 Å². The average Bonchev–Trinajstić information content (AvgIpc) is 2.67. The summed E-state index contributed by atoms with van der Waals surface area (Å²) in [5.74, 6) is 0. The summed E-state index contributed by atoms with van der Waals surface area (Å²) in [5.41, 5.74) is 2.66. The van der Waals surface area contributed by atoms with E-state index in [2.05, 4.69) is 43.3 Å². The van der Waals surface area contributed by atoms with E-state index in [-0.39, 0.29) is 0 Å². The smallest absolute Gasteiger partial charge is 0.0716 e. The van der Waals surface area contributed by atoms with Gasteiger partial charge in [-0.25, -0.2) is 0 Å². The van der Waals surface area contributed by atoms with Crippen molar-refractivity contribution in [1.29, 1.82) is 0 Å². The Morgan fingerprint density at radius 1 is 0.640 bits per heavy atom. The molecule has 0 saturated carbocycles. The fraction of sp³-hybridized carbons (Fsp3) is 0.478. The number of rotatable bonds is 11. The lowest BCUT2D eigenvalue weighted by Gasteiger charge is -2.02. The summed E-state index contributed by atoms with van der Waals surface area (Å²) in [6.45, 7) is 7.59. The Labute approximate surface area is 154 Å². The van der Waals surface area contributed by atoms with E-state index in [1.807, 2.05) is 31.2 Å². The van der Waals surface area contributed by atoms with Crippen LogP contribution in [0.25, 0.3) is 0 Å². The Kier molecular flexibility index (Phi) is 13.6. The number of unbranched alkanes of at least 4 members (excludes halogenated alkanes) is 2. The summed E-state index contributed by atoms with van der Waals surface area (Å²) >= 11 is 0. The van der Waals surface area contributed by atoms with Gasteiger partial charge in [-0.1, -0.05) is 80.4 Å². The van der Waals surface area contributed by atoms with Gasteiger partial charge in [-0.15, -0.1) is 0 Å². The average molecular weight is 343 g/mol. The zero-order valence-corrected chi connectivity index (χ0v) is 16.0. The molecule has 2 heteroatoms. The van der Waals surface area contributed by atoms with Crippen molar-refractivity contribution in [1.82, 2.24) is 0 Å². The molecule has 0 aliphatic rings. The van der Waals surface area contributed by atoms with Crippen LogP contribution in [0.4, 0.5) is 0 Å². The second-order valence-electron chi connectivity index (χ2n) is 6.03. The minimum Gasteiger partial charge on any atom is -0.382 e. The Bertz CT molecular complexity index is 496. The van der Waals surface area contributed by atoms with E-state index in [0.29, 0.717) is 0 Å². The Morgan fingerprint density at radius 2 is 1.24 bits per heavy atom. The predicted molar refractivity (Wildman–Crippen MR) is 107 cm³/mol. The SMILES string of the molecule is CCCCCOCc1ccccc1.CCOCCCc1ccccc1. The van der Waals surface area contributed by atoms with Gasteiger partial charge in [0.1, 0.15) is 0 Å². The van der Waals surface area contributed by atoms with Crippen molar-refractivity contribution < 1.29 is 9.47 Å². The molecule has 2 rings (SSSR count). The first-order valence-electron chi connectivity index (χ1n) is 9.60. The van der Waals surface area contributed by atoms with E-state index in [0.717, 1.165) is 39.3 Å². The second-order valence-corrected chi connectivity index (χ2v) is 6.03. The second kappa shape index (κ2) is 15.9.